The molecule has 0 unspecified atom stereocenters. The number of rotatable bonds is 7. The Labute approximate surface area is 134 Å². The molecule has 1 heterocycles. The normalized spacial score (nSPS) is 9.96. The molecule has 0 fully saturated rings. The number of methoxy groups -OCH3 is 1. The van der Waals surface area contributed by atoms with E-state index < -0.39 is 0 Å². The van der Waals surface area contributed by atoms with Crippen molar-refractivity contribution in [2.24, 2.45) is 0 Å². The van der Waals surface area contributed by atoms with Crippen LogP contribution >= 0.6 is 0 Å². The van der Waals surface area contributed by atoms with Crippen LogP contribution in [0, 0.1) is 11.5 Å². The van der Waals surface area contributed by atoms with Crippen LogP contribution in [-0.2, 0) is 0 Å². The average molecular weight is 314 g/mol. The van der Waals surface area contributed by atoms with Gasteiger partial charge in [0, 0.05) is 31.8 Å². The molecule has 0 bridgehead atoms. The zero-order valence-electron chi connectivity index (χ0n) is 13.1. The van der Waals surface area contributed by atoms with E-state index in [0.29, 0.717) is 25.2 Å². The summed E-state index contributed by atoms with van der Waals surface area (Å²) in [5, 5.41) is 14.9. The monoisotopic (exact) mass is 314 g/mol. The molecule has 0 atom stereocenters. The van der Waals surface area contributed by atoms with Gasteiger partial charge >= 0.3 is 0 Å². The highest BCUT2D eigenvalue weighted by Gasteiger charge is 2.17. The molecule has 0 saturated heterocycles. The van der Waals surface area contributed by atoms with E-state index in [1.54, 1.807) is 20.2 Å². The maximum Gasteiger partial charge on any atom is 0.292 e. The first-order chi connectivity index (χ1) is 11.2. The van der Waals surface area contributed by atoms with E-state index in [-0.39, 0.29) is 11.7 Å². The molecule has 1 amide bonds. The molecular formula is C16H18N4O3. The molecule has 7 nitrogen and oxygen atoms in total. The molecule has 0 radical (unpaired) electrons. The summed E-state index contributed by atoms with van der Waals surface area (Å²) in [5.41, 5.74) is 1.44. The quantitative estimate of drug-likeness (QED) is 0.476. The summed E-state index contributed by atoms with van der Waals surface area (Å²) in [6, 6.07) is 8.96. The number of nitrogens with zero attached hydrogens (tertiary/aromatic N) is 3. The number of ether oxygens (including phenoxy) is 1. The Hall–Kier alpha value is -3.01. The maximum absolute atomic E-state index is 12.2. The highest BCUT2D eigenvalue weighted by Crippen LogP contribution is 2.22. The van der Waals surface area contributed by atoms with Crippen molar-refractivity contribution in [1.82, 2.24) is 15.4 Å². The molecule has 23 heavy (non-hydrogen) atoms. The standard InChI is InChI=1S/C16H18N4O3/c1-20(9-3-8-18-11-17)16(21)15-10-14(19-23-15)12-4-6-13(22-2)7-5-12/h4-7,10,18H,3,8-9H2,1-2H3. The molecule has 7 heteroatoms. The van der Waals surface area contributed by atoms with Gasteiger partial charge in [0.2, 0.25) is 5.76 Å². The Morgan fingerprint density at radius 3 is 2.83 bits per heavy atom. The minimum absolute atomic E-state index is 0.187. The number of aromatic nitrogens is 1. The second kappa shape index (κ2) is 7.84. The third kappa shape index (κ3) is 4.23. The predicted molar refractivity (Wildman–Crippen MR) is 83.7 cm³/mol. The number of nitriles is 1. The van der Waals surface area contributed by atoms with Gasteiger partial charge < -0.3 is 19.5 Å². The van der Waals surface area contributed by atoms with E-state index in [2.05, 4.69) is 10.5 Å². The lowest BCUT2D eigenvalue weighted by Crippen LogP contribution is -2.29. The van der Waals surface area contributed by atoms with Crippen LogP contribution in [0.3, 0.4) is 0 Å². The first kappa shape index (κ1) is 16.4. The van der Waals surface area contributed by atoms with Gasteiger partial charge in [-0.2, -0.15) is 5.26 Å². The average Bonchev–Trinajstić information content (AvgIpc) is 3.08. The molecule has 0 aliphatic rings. The number of amides is 1. The van der Waals surface area contributed by atoms with E-state index in [1.807, 2.05) is 30.5 Å². The van der Waals surface area contributed by atoms with Crippen LogP contribution in [0.4, 0.5) is 0 Å². The fraction of sp³-hybridized carbons (Fsp3) is 0.312. The van der Waals surface area contributed by atoms with E-state index in [4.69, 9.17) is 14.5 Å². The number of nitrogens with one attached hydrogen (secondary N) is 1. The maximum atomic E-state index is 12.2. The summed E-state index contributed by atoms with van der Waals surface area (Å²) in [5.74, 6) is 0.694. The Balaban J connectivity index is 2.00. The minimum atomic E-state index is -0.241. The predicted octanol–water partition coefficient (Wildman–Crippen LogP) is 1.88. The van der Waals surface area contributed by atoms with Crippen LogP contribution < -0.4 is 10.1 Å². The van der Waals surface area contributed by atoms with Crippen molar-refractivity contribution in [1.29, 1.82) is 5.26 Å². The zero-order chi connectivity index (χ0) is 16.7. The molecular weight excluding hydrogens is 296 g/mol. The van der Waals surface area contributed by atoms with E-state index in [1.165, 1.54) is 4.90 Å². The van der Waals surface area contributed by atoms with Crippen molar-refractivity contribution in [3.8, 4) is 23.2 Å². The van der Waals surface area contributed by atoms with Crippen molar-refractivity contribution in [2.75, 3.05) is 27.2 Å². The molecule has 2 aromatic rings. The van der Waals surface area contributed by atoms with Gasteiger partial charge in [-0.25, -0.2) is 0 Å². The summed E-state index contributed by atoms with van der Waals surface area (Å²) in [4.78, 5) is 13.8. The third-order valence-corrected chi connectivity index (χ3v) is 3.33. The lowest BCUT2D eigenvalue weighted by atomic mass is 10.1. The lowest BCUT2D eigenvalue weighted by Gasteiger charge is -2.14. The third-order valence-electron chi connectivity index (χ3n) is 3.33. The Morgan fingerprint density at radius 2 is 2.17 bits per heavy atom. The summed E-state index contributed by atoms with van der Waals surface area (Å²) >= 11 is 0. The molecule has 1 aromatic heterocycles. The molecule has 120 valence electrons. The van der Waals surface area contributed by atoms with Crippen LogP contribution in [0.2, 0.25) is 0 Å². The number of hydrogen-bond donors (Lipinski definition) is 1. The molecule has 1 N–H and O–H groups in total. The zero-order valence-corrected chi connectivity index (χ0v) is 13.1. The molecule has 0 spiro atoms. The van der Waals surface area contributed by atoms with Gasteiger partial charge in [-0.15, -0.1) is 0 Å². The SMILES string of the molecule is COc1ccc(-c2cc(C(=O)N(C)CCCNC#N)on2)cc1. The van der Waals surface area contributed by atoms with Crippen molar-refractivity contribution in [2.45, 2.75) is 6.42 Å². The summed E-state index contributed by atoms with van der Waals surface area (Å²) in [7, 11) is 3.29. The number of carbonyl (C=O) groups excluding carboxylic acids is 1. The van der Waals surface area contributed by atoms with Gasteiger partial charge in [0.1, 0.15) is 11.4 Å². The Kier molecular flexibility index (Phi) is 5.58. The van der Waals surface area contributed by atoms with Gasteiger partial charge in [0.25, 0.3) is 5.91 Å². The second-order valence-corrected chi connectivity index (χ2v) is 4.92. The number of benzene rings is 1. The van der Waals surface area contributed by atoms with Crippen molar-refractivity contribution in [3.63, 3.8) is 0 Å². The van der Waals surface area contributed by atoms with Crippen LogP contribution in [0.25, 0.3) is 11.3 Å². The fourth-order valence-corrected chi connectivity index (χ4v) is 2.02. The topological polar surface area (TPSA) is 91.4 Å². The molecule has 0 aliphatic carbocycles. The van der Waals surface area contributed by atoms with Crippen molar-refractivity contribution >= 4 is 5.91 Å². The summed E-state index contributed by atoms with van der Waals surface area (Å²) in [6.07, 6.45) is 2.52. The molecule has 2 rings (SSSR count). The van der Waals surface area contributed by atoms with Gasteiger partial charge in [0.05, 0.1) is 7.11 Å². The fourth-order valence-electron chi connectivity index (χ4n) is 2.02. The minimum Gasteiger partial charge on any atom is -0.497 e. The molecule has 1 aromatic carbocycles. The Morgan fingerprint density at radius 1 is 1.43 bits per heavy atom. The van der Waals surface area contributed by atoms with Crippen LogP contribution in [-0.4, -0.2) is 43.2 Å². The second-order valence-electron chi connectivity index (χ2n) is 4.92. The van der Waals surface area contributed by atoms with Gasteiger partial charge in [0.15, 0.2) is 6.19 Å². The van der Waals surface area contributed by atoms with E-state index in [0.717, 1.165) is 11.3 Å². The van der Waals surface area contributed by atoms with Crippen LogP contribution in [0.1, 0.15) is 17.0 Å². The van der Waals surface area contributed by atoms with Gasteiger partial charge in [-0.05, 0) is 30.7 Å². The first-order valence-electron chi connectivity index (χ1n) is 7.14. The van der Waals surface area contributed by atoms with Crippen molar-refractivity contribution < 1.29 is 14.1 Å². The number of hydrogen-bond acceptors (Lipinski definition) is 6. The van der Waals surface area contributed by atoms with E-state index >= 15 is 0 Å². The molecule has 0 aliphatic heterocycles. The highest BCUT2D eigenvalue weighted by molar-refractivity contribution is 5.92. The van der Waals surface area contributed by atoms with Gasteiger partial charge in [-0.1, -0.05) is 5.16 Å². The largest absolute Gasteiger partial charge is 0.497 e. The van der Waals surface area contributed by atoms with Gasteiger partial charge in [-0.3, -0.25) is 4.79 Å². The van der Waals surface area contributed by atoms with Crippen LogP contribution in [0.5, 0.6) is 5.75 Å². The molecule has 0 saturated carbocycles. The first-order valence-corrected chi connectivity index (χ1v) is 7.14. The highest BCUT2D eigenvalue weighted by atomic mass is 16.5. The van der Waals surface area contributed by atoms with E-state index in [9.17, 15) is 4.79 Å². The Bertz CT molecular complexity index is 688. The van der Waals surface area contributed by atoms with Crippen molar-refractivity contribution in [3.05, 3.63) is 36.1 Å². The van der Waals surface area contributed by atoms with Crippen LogP contribution in [0.15, 0.2) is 34.9 Å². The lowest BCUT2D eigenvalue weighted by molar-refractivity contribution is 0.0752. The smallest absolute Gasteiger partial charge is 0.292 e. The summed E-state index contributed by atoms with van der Waals surface area (Å²) in [6.45, 7) is 1.05. The number of carbonyl (C=O) groups is 1. The summed E-state index contributed by atoms with van der Waals surface area (Å²) < 4.78 is 10.3.